The Hall–Kier alpha value is -1.42. The Morgan fingerprint density at radius 1 is 1.43 bits per heavy atom. The van der Waals surface area contributed by atoms with Gasteiger partial charge in [-0.05, 0) is 28.1 Å². The molecule has 0 saturated heterocycles. The Balaban J connectivity index is 2.73. The zero-order valence-electron chi connectivity index (χ0n) is 7.03. The van der Waals surface area contributed by atoms with Gasteiger partial charge >= 0.3 is 0 Å². The molecule has 0 amide bonds. The van der Waals surface area contributed by atoms with Crippen molar-refractivity contribution < 1.29 is 9.90 Å². The third-order valence-corrected chi connectivity index (χ3v) is 2.54. The van der Waals surface area contributed by atoms with Gasteiger partial charge in [-0.25, -0.2) is 0 Å². The summed E-state index contributed by atoms with van der Waals surface area (Å²) in [6.45, 7) is 0. The van der Waals surface area contributed by atoms with Gasteiger partial charge in [0.15, 0.2) is 0 Å². The van der Waals surface area contributed by atoms with Crippen LogP contribution in [0.1, 0.15) is 10.4 Å². The number of carbonyl (C=O) groups is 1. The lowest BCUT2D eigenvalue weighted by Gasteiger charge is -2.04. The lowest BCUT2D eigenvalue weighted by molar-refractivity contribution is -0.255. The first-order chi connectivity index (χ1) is 6.68. The highest BCUT2D eigenvalue weighted by molar-refractivity contribution is 9.10. The summed E-state index contributed by atoms with van der Waals surface area (Å²) in [7, 11) is 0. The lowest BCUT2D eigenvalue weighted by Crippen LogP contribution is -2.22. The molecule has 0 atom stereocenters. The quantitative estimate of drug-likeness (QED) is 0.768. The number of halogens is 1. The van der Waals surface area contributed by atoms with Crippen molar-refractivity contribution in [2.45, 2.75) is 0 Å². The number of hydrogen-bond donors (Lipinski definition) is 0. The van der Waals surface area contributed by atoms with Crippen LogP contribution in [0, 0.1) is 0 Å². The van der Waals surface area contributed by atoms with E-state index in [9.17, 15) is 9.90 Å². The Kier molecular flexibility index (Phi) is 2.21. The molecular weight excluding hydrogens is 246 g/mol. The van der Waals surface area contributed by atoms with E-state index in [4.69, 9.17) is 0 Å². The van der Waals surface area contributed by atoms with Gasteiger partial charge in [0.25, 0.3) is 0 Å². The summed E-state index contributed by atoms with van der Waals surface area (Å²) >= 11 is 3.33. The van der Waals surface area contributed by atoms with E-state index in [-0.39, 0.29) is 5.56 Å². The molecule has 0 bridgehead atoms. The van der Waals surface area contributed by atoms with E-state index in [1.54, 1.807) is 12.1 Å². The van der Waals surface area contributed by atoms with Gasteiger partial charge in [0.2, 0.25) is 0 Å². The fraction of sp³-hybridized carbons (Fsp3) is 0. The van der Waals surface area contributed by atoms with Crippen LogP contribution < -0.4 is 5.11 Å². The highest BCUT2D eigenvalue weighted by Crippen LogP contribution is 2.21. The molecule has 0 radical (unpaired) electrons. The number of rotatable bonds is 1. The largest absolute Gasteiger partial charge is 0.545 e. The Bertz CT molecular complexity index is 510. The summed E-state index contributed by atoms with van der Waals surface area (Å²) in [5.41, 5.74) is 0.841. The molecule has 0 saturated carbocycles. The van der Waals surface area contributed by atoms with Gasteiger partial charge in [-0.3, -0.25) is 4.98 Å². The monoisotopic (exact) mass is 250 g/mol. The maximum absolute atomic E-state index is 10.6. The van der Waals surface area contributed by atoms with Crippen LogP contribution >= 0.6 is 15.9 Å². The average Bonchev–Trinajstić information content (AvgIpc) is 2.17. The number of aromatic nitrogens is 1. The minimum Gasteiger partial charge on any atom is -0.545 e. The molecule has 70 valence electrons. The number of hydrogen-bond acceptors (Lipinski definition) is 3. The van der Waals surface area contributed by atoms with Crippen LogP contribution in [0.15, 0.2) is 34.9 Å². The van der Waals surface area contributed by atoms with Gasteiger partial charge in [-0.15, -0.1) is 0 Å². The second kappa shape index (κ2) is 3.38. The standard InChI is InChI=1S/C10H6BrNO2/c11-8-3-1-2-6-4-7(10(13)14)5-12-9(6)8/h1-5H,(H,13,14)/p-1. The maximum Gasteiger partial charge on any atom is 0.0844 e. The van der Waals surface area contributed by atoms with Gasteiger partial charge < -0.3 is 9.90 Å². The Morgan fingerprint density at radius 2 is 2.21 bits per heavy atom. The van der Waals surface area contributed by atoms with Crippen molar-refractivity contribution in [3.05, 3.63) is 40.5 Å². The Labute approximate surface area is 88.5 Å². The van der Waals surface area contributed by atoms with Crippen molar-refractivity contribution in [3.8, 4) is 0 Å². The van der Waals surface area contributed by atoms with E-state index in [2.05, 4.69) is 20.9 Å². The second-order valence-corrected chi connectivity index (χ2v) is 3.68. The SMILES string of the molecule is O=C([O-])c1cnc2c(Br)cccc2c1. The molecule has 1 heterocycles. The molecule has 1 aromatic carbocycles. The summed E-state index contributed by atoms with van der Waals surface area (Å²) in [5, 5.41) is 11.3. The fourth-order valence-electron chi connectivity index (χ4n) is 1.24. The Morgan fingerprint density at radius 3 is 2.93 bits per heavy atom. The summed E-state index contributed by atoms with van der Waals surface area (Å²) in [4.78, 5) is 14.6. The number of carboxylic acid groups (broad SMARTS) is 1. The second-order valence-electron chi connectivity index (χ2n) is 2.82. The van der Waals surface area contributed by atoms with Gasteiger partial charge in [0, 0.05) is 21.6 Å². The highest BCUT2D eigenvalue weighted by Gasteiger charge is 2.01. The predicted molar refractivity (Wildman–Crippen MR) is 53.8 cm³/mol. The van der Waals surface area contributed by atoms with E-state index in [0.717, 1.165) is 15.4 Å². The van der Waals surface area contributed by atoms with Crippen molar-refractivity contribution in [2.24, 2.45) is 0 Å². The first-order valence-electron chi connectivity index (χ1n) is 3.94. The van der Waals surface area contributed by atoms with E-state index in [1.807, 2.05) is 12.1 Å². The van der Waals surface area contributed by atoms with Crippen molar-refractivity contribution in [3.63, 3.8) is 0 Å². The number of aromatic carboxylic acids is 1. The van der Waals surface area contributed by atoms with E-state index >= 15 is 0 Å². The molecule has 2 aromatic rings. The molecule has 3 nitrogen and oxygen atoms in total. The number of fused-ring (bicyclic) bond motifs is 1. The van der Waals surface area contributed by atoms with Crippen molar-refractivity contribution >= 4 is 32.8 Å². The molecule has 0 N–H and O–H groups in total. The molecule has 0 fully saturated rings. The number of carbonyl (C=O) groups excluding carboxylic acids is 1. The molecule has 1 aromatic heterocycles. The van der Waals surface area contributed by atoms with E-state index in [1.165, 1.54) is 6.20 Å². The predicted octanol–water partition coefficient (Wildman–Crippen LogP) is 1.36. The molecular formula is C10H5BrNO2-. The molecule has 2 rings (SSSR count). The van der Waals surface area contributed by atoms with E-state index < -0.39 is 5.97 Å². The number of para-hydroxylation sites is 1. The van der Waals surface area contributed by atoms with Crippen LogP contribution in [0.3, 0.4) is 0 Å². The highest BCUT2D eigenvalue weighted by atomic mass is 79.9. The third kappa shape index (κ3) is 1.48. The third-order valence-electron chi connectivity index (χ3n) is 1.90. The minimum atomic E-state index is -1.21. The van der Waals surface area contributed by atoms with Crippen LogP contribution in [0.2, 0.25) is 0 Å². The first kappa shape index (κ1) is 9.15. The molecule has 0 aliphatic rings. The molecule has 0 aliphatic carbocycles. The van der Waals surface area contributed by atoms with Crippen LogP contribution in [-0.4, -0.2) is 11.0 Å². The number of benzene rings is 1. The normalized spacial score (nSPS) is 10.4. The number of pyridine rings is 1. The topological polar surface area (TPSA) is 53.0 Å². The smallest absolute Gasteiger partial charge is 0.0844 e. The molecule has 4 heteroatoms. The van der Waals surface area contributed by atoms with Crippen LogP contribution in [0.5, 0.6) is 0 Å². The summed E-state index contributed by atoms with van der Waals surface area (Å²) in [6, 6.07) is 7.03. The minimum absolute atomic E-state index is 0.0931. The van der Waals surface area contributed by atoms with E-state index in [0.29, 0.717) is 0 Å². The van der Waals surface area contributed by atoms with Gasteiger partial charge in [-0.2, -0.15) is 0 Å². The van der Waals surface area contributed by atoms with Gasteiger partial charge in [0.1, 0.15) is 0 Å². The molecule has 0 aliphatic heterocycles. The number of nitrogens with zero attached hydrogens (tertiary/aromatic N) is 1. The zero-order valence-corrected chi connectivity index (χ0v) is 8.61. The summed E-state index contributed by atoms with van der Waals surface area (Å²) in [6.07, 6.45) is 1.29. The number of carboxylic acids is 1. The average molecular weight is 251 g/mol. The maximum atomic E-state index is 10.6. The van der Waals surface area contributed by atoms with Crippen LogP contribution in [0.25, 0.3) is 10.9 Å². The summed E-state index contributed by atoms with van der Waals surface area (Å²) < 4.78 is 0.847. The van der Waals surface area contributed by atoms with Crippen LogP contribution in [0.4, 0.5) is 0 Å². The molecule has 14 heavy (non-hydrogen) atoms. The summed E-state index contributed by atoms with van der Waals surface area (Å²) in [5.74, 6) is -1.21. The lowest BCUT2D eigenvalue weighted by atomic mass is 10.2. The van der Waals surface area contributed by atoms with Gasteiger partial charge in [0.05, 0.1) is 11.5 Å². The van der Waals surface area contributed by atoms with Crippen molar-refractivity contribution in [2.75, 3.05) is 0 Å². The van der Waals surface area contributed by atoms with Crippen molar-refractivity contribution in [1.29, 1.82) is 0 Å². The molecule has 0 spiro atoms. The van der Waals surface area contributed by atoms with Crippen molar-refractivity contribution in [1.82, 2.24) is 4.98 Å². The van der Waals surface area contributed by atoms with Gasteiger partial charge in [-0.1, -0.05) is 12.1 Å². The fourth-order valence-corrected chi connectivity index (χ4v) is 1.72. The van der Waals surface area contributed by atoms with Crippen LogP contribution in [-0.2, 0) is 0 Å². The molecule has 0 unspecified atom stereocenters. The zero-order chi connectivity index (χ0) is 10.1. The first-order valence-corrected chi connectivity index (χ1v) is 4.73.